The number of anilines is 12. The first-order valence-corrected chi connectivity index (χ1v) is 34.1. The zero-order chi connectivity index (χ0) is 76.7. The van der Waals surface area contributed by atoms with Crippen LogP contribution in [0.2, 0.25) is 0 Å². The molecule has 0 radical (unpaired) electrons. The highest BCUT2D eigenvalue weighted by molar-refractivity contribution is 7.09. The molecule has 5 aliphatic rings. The summed E-state index contributed by atoms with van der Waals surface area (Å²) in [4.78, 5) is 49.1. The van der Waals surface area contributed by atoms with E-state index in [2.05, 4.69) is 123 Å². The standard InChI is InChI=1S/C17H18F3N7.2C16H16F3N7O.C16H16F3N7S/c1-9-13(8-27(26-9)14-4-3-10-5-22-6-11(10)14)24-16-23-7-12(17(18,19)20)15(21-2)25-16;1-8-10(6-26(25-8)11-3-4-12-13(11)22-7-27-12)23-15-21-5-9(16(17,18)19)14(20-2)24-15;2*1-8-11(6-26(25-8)12-4-3-10-13(12)27-7-22-10)23-15-21-5-9(16(17,18)19)14(20-2)24-15/h5,7-8,14H,3-4,6H2,1-2H3,(H2,21,23,24,25);5-7,11H,3-4H2,1-2H3,(H2,20,21,23,24);2*5-7,12H,3-4H2,1-2H3,(H2,20,21,23,24). The maximum Gasteiger partial charge on any atom is 0.421 e. The number of rotatable bonds is 16. The summed E-state index contributed by atoms with van der Waals surface area (Å²) in [6.07, 6.45) is 3.93. The lowest BCUT2D eigenvalue weighted by Gasteiger charge is -2.13. The van der Waals surface area contributed by atoms with Crippen LogP contribution in [0.5, 0.6) is 0 Å². The van der Waals surface area contributed by atoms with Crippen LogP contribution in [-0.4, -0.2) is 135 Å². The van der Waals surface area contributed by atoms with E-state index in [9.17, 15) is 52.7 Å². The number of thiazole rings is 1. The van der Waals surface area contributed by atoms with Gasteiger partial charge in [0.25, 0.3) is 0 Å². The van der Waals surface area contributed by atoms with Gasteiger partial charge >= 0.3 is 24.7 Å². The average molecular weight is 1530 g/mol. The van der Waals surface area contributed by atoms with E-state index in [4.69, 9.17) is 8.83 Å². The molecule has 4 aliphatic carbocycles. The van der Waals surface area contributed by atoms with Crippen LogP contribution in [0, 0.1) is 27.7 Å². The summed E-state index contributed by atoms with van der Waals surface area (Å²) in [5.41, 5.74) is 8.90. The number of fused-ring (bicyclic) bond motifs is 3. The normalized spacial score (nSPS) is 17.0. The molecule has 12 heterocycles. The highest BCUT2D eigenvalue weighted by atomic mass is 32.1. The monoisotopic (exact) mass is 1530 g/mol. The summed E-state index contributed by atoms with van der Waals surface area (Å²) < 4.78 is 174. The Morgan fingerprint density at radius 3 is 1.24 bits per heavy atom. The predicted octanol–water partition coefficient (Wildman–Crippen LogP) is 13.9. The highest BCUT2D eigenvalue weighted by Gasteiger charge is 2.40. The Bertz CT molecular complexity index is 4760. The molecular formula is C65H66F12N28O2S. The molecular weight excluding hydrogens is 1460 g/mol. The Kier molecular flexibility index (Phi) is 20.6. The van der Waals surface area contributed by atoms with Crippen molar-refractivity contribution in [3.8, 4) is 0 Å². The van der Waals surface area contributed by atoms with Crippen LogP contribution in [0.25, 0.3) is 0 Å². The van der Waals surface area contributed by atoms with Crippen molar-refractivity contribution in [1.29, 1.82) is 0 Å². The van der Waals surface area contributed by atoms with E-state index >= 15 is 0 Å². The molecule has 568 valence electrons. The minimum Gasteiger partial charge on any atom is -0.448 e. The lowest BCUT2D eigenvalue weighted by molar-refractivity contribution is -0.138. The molecule has 16 rings (SSSR count). The maximum atomic E-state index is 13.0. The van der Waals surface area contributed by atoms with E-state index in [0.29, 0.717) is 46.4 Å². The van der Waals surface area contributed by atoms with Gasteiger partial charge in [0, 0.05) is 90.4 Å². The molecule has 11 aromatic heterocycles. The second-order valence-electron chi connectivity index (χ2n) is 25.0. The van der Waals surface area contributed by atoms with Gasteiger partial charge in [-0.2, -0.15) is 93.0 Å². The first kappa shape index (κ1) is 74.5. The van der Waals surface area contributed by atoms with Gasteiger partial charge in [0.15, 0.2) is 18.5 Å². The Morgan fingerprint density at radius 2 is 0.806 bits per heavy atom. The molecule has 0 fully saturated rings. The van der Waals surface area contributed by atoms with Gasteiger partial charge in [-0.05, 0) is 83.8 Å². The molecule has 30 nitrogen and oxygen atoms in total. The number of aromatic nitrogens is 19. The van der Waals surface area contributed by atoms with E-state index in [-0.39, 0.29) is 71.2 Å². The molecule has 0 aromatic carbocycles. The van der Waals surface area contributed by atoms with E-state index < -0.39 is 47.0 Å². The third-order valence-electron chi connectivity index (χ3n) is 18.2. The smallest absolute Gasteiger partial charge is 0.421 e. The van der Waals surface area contributed by atoms with E-state index in [1.807, 2.05) is 47.3 Å². The number of oxazole rings is 2. The van der Waals surface area contributed by atoms with Gasteiger partial charge in [-0.15, -0.1) is 11.3 Å². The summed E-state index contributed by atoms with van der Waals surface area (Å²) >= 11 is 1.61. The fourth-order valence-electron chi connectivity index (χ4n) is 12.8. The van der Waals surface area contributed by atoms with Crippen LogP contribution in [0.15, 0.2) is 92.8 Å². The Labute approximate surface area is 608 Å². The number of nitrogens with zero attached hydrogens (tertiary/aromatic N) is 20. The quantitative estimate of drug-likeness (QED) is 0.0417. The molecule has 4 atom stereocenters. The molecule has 0 spiro atoms. The second-order valence-corrected chi connectivity index (χ2v) is 25.9. The van der Waals surface area contributed by atoms with Gasteiger partial charge in [0.2, 0.25) is 23.8 Å². The lowest BCUT2D eigenvalue weighted by atomic mass is 10.1. The SMILES string of the molecule is CNc1nc(Nc2cn(C3CCC4=C3CN=C4)nc2C)ncc1C(F)(F)F.CNc1nc(Nc2cn(C3CCc4ncoc43)nc2C)ncc1C(F)(F)F.CNc1nc(Nc2cn(C3CCc4ncsc43)nc2C)ncc1C(F)(F)F.CNc1nc(Nc2cn(C3CCc4ocnc43)nc2C)ncc1C(F)(F)F. The van der Waals surface area contributed by atoms with Crippen molar-refractivity contribution in [3.05, 3.63) is 158 Å². The molecule has 0 amide bonds. The zero-order valence-electron chi connectivity index (χ0n) is 58.3. The number of hydrogen-bond acceptors (Lipinski definition) is 27. The van der Waals surface area contributed by atoms with Crippen molar-refractivity contribution in [2.75, 3.05) is 77.3 Å². The van der Waals surface area contributed by atoms with Crippen LogP contribution in [0.3, 0.4) is 0 Å². The number of hydrogen-bond donors (Lipinski definition) is 8. The Hall–Kier alpha value is -11.8. The zero-order valence-corrected chi connectivity index (χ0v) is 59.1. The molecule has 43 heteroatoms. The predicted molar refractivity (Wildman–Crippen MR) is 370 cm³/mol. The first-order valence-electron chi connectivity index (χ1n) is 33.2. The van der Waals surface area contributed by atoms with Gasteiger partial charge in [-0.1, -0.05) is 0 Å². The molecule has 0 bridgehead atoms. The number of allylic oxidation sites excluding steroid dienone is 1. The maximum absolute atomic E-state index is 13.0. The van der Waals surface area contributed by atoms with Crippen molar-refractivity contribution in [2.45, 2.75) is 128 Å². The van der Waals surface area contributed by atoms with Crippen LogP contribution >= 0.6 is 11.3 Å². The highest BCUT2D eigenvalue weighted by Crippen LogP contribution is 2.43. The van der Waals surface area contributed by atoms with Crippen molar-refractivity contribution >= 4 is 87.4 Å². The fourth-order valence-corrected chi connectivity index (χ4v) is 13.8. The molecule has 4 unspecified atom stereocenters. The number of nitrogens with one attached hydrogen (secondary N) is 8. The van der Waals surface area contributed by atoms with Crippen molar-refractivity contribution in [3.63, 3.8) is 0 Å². The number of aliphatic imine (C=N–C) groups is 1. The van der Waals surface area contributed by atoms with Crippen molar-refractivity contribution in [2.24, 2.45) is 4.99 Å². The average Bonchev–Trinajstić information content (AvgIpc) is 1.62. The Morgan fingerprint density at radius 1 is 0.426 bits per heavy atom. The molecule has 11 aromatic rings. The topological polar surface area (TPSA) is 348 Å². The fraction of sp³-hybridized carbons (Fsp3) is 0.385. The minimum atomic E-state index is -4.53. The number of alkyl halides is 12. The van der Waals surface area contributed by atoms with Crippen LogP contribution < -0.4 is 42.5 Å². The number of halogens is 12. The summed E-state index contributed by atoms with van der Waals surface area (Å²) in [5.74, 6) is 0.713. The van der Waals surface area contributed by atoms with Crippen LogP contribution in [-0.2, 0) is 44.0 Å². The summed E-state index contributed by atoms with van der Waals surface area (Å²) in [6.45, 7) is 7.94. The third kappa shape index (κ3) is 15.7. The van der Waals surface area contributed by atoms with E-state index in [0.717, 1.165) is 110 Å². The van der Waals surface area contributed by atoms with Crippen LogP contribution in [0.4, 0.5) is 122 Å². The third-order valence-corrected chi connectivity index (χ3v) is 19.1. The van der Waals surface area contributed by atoms with Gasteiger partial charge < -0.3 is 51.4 Å². The molecule has 8 N–H and O–H groups in total. The lowest BCUT2D eigenvalue weighted by Crippen LogP contribution is -2.12. The number of aryl methyl sites for hydroxylation is 7. The van der Waals surface area contributed by atoms with Crippen molar-refractivity contribution in [1.82, 2.24) is 93.9 Å². The second kappa shape index (κ2) is 29.8. The molecule has 0 saturated heterocycles. The Balaban J connectivity index is 0.000000127. The first-order chi connectivity index (χ1) is 51.5. The van der Waals surface area contributed by atoms with Gasteiger partial charge in [0.1, 0.15) is 63.0 Å². The van der Waals surface area contributed by atoms with Gasteiger partial charge in [0.05, 0.1) is 92.0 Å². The van der Waals surface area contributed by atoms with E-state index in [1.165, 1.54) is 57.0 Å². The largest absolute Gasteiger partial charge is 0.448 e. The van der Waals surface area contributed by atoms with Gasteiger partial charge in [-0.25, -0.2) is 34.9 Å². The minimum absolute atomic E-state index is 0.0330. The molecule has 108 heavy (non-hydrogen) atoms. The molecule has 0 saturated carbocycles. The van der Waals surface area contributed by atoms with Crippen molar-refractivity contribution < 1.29 is 61.5 Å². The molecule has 1 aliphatic heterocycles. The summed E-state index contributed by atoms with van der Waals surface area (Å²) in [5, 5.41) is 39.7. The van der Waals surface area contributed by atoms with E-state index in [1.54, 1.807) is 46.9 Å². The van der Waals surface area contributed by atoms with Crippen LogP contribution in [0.1, 0.15) is 135 Å². The summed E-state index contributed by atoms with van der Waals surface area (Å²) in [6, 6.07) is 0.203. The summed E-state index contributed by atoms with van der Waals surface area (Å²) in [7, 11) is 5.52. The van der Waals surface area contributed by atoms with Gasteiger partial charge in [-0.3, -0.25) is 23.7 Å².